The van der Waals surface area contributed by atoms with Crippen LogP contribution in [0.4, 0.5) is 4.79 Å². The molecule has 0 aromatic heterocycles. The molecule has 1 fully saturated rings. The molecule has 1 aliphatic rings. The molecular weight excluding hydrogens is 248 g/mol. The van der Waals surface area contributed by atoms with Gasteiger partial charge in [0.15, 0.2) is 0 Å². The Morgan fingerprint density at radius 2 is 1.78 bits per heavy atom. The lowest BCUT2D eigenvalue weighted by molar-refractivity contribution is 0.0490. The van der Waals surface area contributed by atoms with E-state index in [0.717, 1.165) is 25.9 Å². The molecule has 1 saturated heterocycles. The largest absolute Gasteiger partial charge is 0.444 e. The third kappa shape index (κ3) is 7.82. The molecule has 0 unspecified atom stereocenters. The monoisotopic (exact) mass is 276 g/mol. The fraction of sp³-hybridized carbons (Fsp3) is 0.923. The first-order valence-electron chi connectivity index (χ1n) is 6.69. The lowest BCUT2D eigenvalue weighted by Gasteiger charge is -2.31. The summed E-state index contributed by atoms with van der Waals surface area (Å²) in [4.78, 5) is 11.5. The molecule has 0 aliphatic carbocycles. The average molecular weight is 276 g/mol. The molecule has 108 valence electrons. The third-order valence-electron chi connectivity index (χ3n) is 2.43. The number of alkyl carbamates (subject to hydrolysis) is 1. The van der Waals surface area contributed by atoms with Crippen molar-refractivity contribution in [1.29, 1.82) is 0 Å². The normalized spacial score (nSPS) is 17.7. The Kier molecular flexibility index (Phi) is 8.44. The number of piperidine rings is 1. The summed E-state index contributed by atoms with van der Waals surface area (Å²) in [5, 5.41) is 2.92. The van der Waals surface area contributed by atoms with Gasteiger partial charge in [0.2, 0.25) is 0 Å². The van der Waals surface area contributed by atoms with E-state index in [1.807, 2.05) is 34.6 Å². The molecule has 0 radical (unpaired) electrons. The minimum Gasteiger partial charge on any atom is -0.444 e. The molecule has 0 spiro atoms. The van der Waals surface area contributed by atoms with Crippen molar-refractivity contribution in [2.45, 2.75) is 59.1 Å². The van der Waals surface area contributed by atoms with Crippen molar-refractivity contribution in [3.8, 4) is 0 Å². The third-order valence-corrected chi connectivity index (χ3v) is 3.31. The highest BCUT2D eigenvalue weighted by atomic mass is 32.2. The maximum Gasteiger partial charge on any atom is 0.407 e. The summed E-state index contributed by atoms with van der Waals surface area (Å²) < 4.78 is 7.54. The summed E-state index contributed by atoms with van der Waals surface area (Å²) >= 11 is 1.77. The first-order valence-corrected chi connectivity index (χ1v) is 7.87. The molecule has 4 nitrogen and oxygen atoms in total. The number of nitrogens with zero attached hydrogens (tertiary/aromatic N) is 1. The van der Waals surface area contributed by atoms with Gasteiger partial charge in [-0.2, -0.15) is 0 Å². The molecule has 1 rings (SSSR count). The molecule has 0 aromatic carbocycles. The summed E-state index contributed by atoms with van der Waals surface area (Å²) in [5.74, 6) is 0. The Morgan fingerprint density at radius 3 is 2.17 bits per heavy atom. The Balaban J connectivity index is 0.00000137. The highest BCUT2D eigenvalue weighted by Gasteiger charge is 2.23. The van der Waals surface area contributed by atoms with Crippen LogP contribution in [-0.4, -0.2) is 41.4 Å². The SMILES string of the molecule is CC.CSN1CCC(NC(=O)OC(C)(C)C)CC1. The van der Waals surface area contributed by atoms with E-state index < -0.39 is 5.60 Å². The number of hydrogen-bond acceptors (Lipinski definition) is 4. The van der Waals surface area contributed by atoms with Gasteiger partial charge in [0.05, 0.1) is 0 Å². The predicted molar refractivity (Wildman–Crippen MR) is 78.8 cm³/mol. The molecular formula is C13H28N2O2S. The number of carbonyl (C=O) groups is 1. The van der Waals surface area contributed by atoms with Gasteiger partial charge in [-0.1, -0.05) is 25.8 Å². The van der Waals surface area contributed by atoms with Crippen molar-refractivity contribution in [3.63, 3.8) is 0 Å². The number of nitrogens with one attached hydrogen (secondary N) is 1. The number of carbonyl (C=O) groups excluding carboxylic acids is 1. The van der Waals surface area contributed by atoms with Crippen molar-refractivity contribution < 1.29 is 9.53 Å². The average Bonchev–Trinajstić information content (AvgIpc) is 2.30. The highest BCUT2D eigenvalue weighted by molar-refractivity contribution is 7.96. The predicted octanol–water partition coefficient (Wildman–Crippen LogP) is 3.28. The lowest BCUT2D eigenvalue weighted by Crippen LogP contribution is -2.44. The van der Waals surface area contributed by atoms with Crippen LogP contribution in [0.25, 0.3) is 0 Å². The molecule has 1 heterocycles. The maximum absolute atomic E-state index is 11.5. The summed E-state index contributed by atoms with van der Waals surface area (Å²) in [6, 6.07) is 0.262. The van der Waals surface area contributed by atoms with Gasteiger partial charge in [0, 0.05) is 19.1 Å². The first kappa shape index (κ1) is 17.6. The summed E-state index contributed by atoms with van der Waals surface area (Å²) in [7, 11) is 0. The lowest BCUT2D eigenvalue weighted by atomic mass is 10.1. The minimum absolute atomic E-state index is 0.262. The number of hydrogen-bond donors (Lipinski definition) is 1. The van der Waals surface area contributed by atoms with Gasteiger partial charge < -0.3 is 10.1 Å². The quantitative estimate of drug-likeness (QED) is 0.786. The van der Waals surface area contributed by atoms with Crippen LogP contribution in [0.2, 0.25) is 0 Å². The molecule has 0 bridgehead atoms. The van der Waals surface area contributed by atoms with Gasteiger partial charge in [-0.25, -0.2) is 4.79 Å². The second-order valence-corrected chi connectivity index (χ2v) is 5.91. The van der Waals surface area contributed by atoms with E-state index in [9.17, 15) is 4.79 Å². The van der Waals surface area contributed by atoms with E-state index in [0.29, 0.717) is 0 Å². The minimum atomic E-state index is -0.413. The Labute approximate surface area is 116 Å². The van der Waals surface area contributed by atoms with Crippen LogP contribution >= 0.6 is 11.9 Å². The zero-order valence-corrected chi connectivity index (χ0v) is 13.4. The maximum atomic E-state index is 11.5. The molecule has 18 heavy (non-hydrogen) atoms. The molecule has 5 heteroatoms. The molecule has 0 aromatic rings. The molecule has 1 N–H and O–H groups in total. The van der Waals surface area contributed by atoms with Crippen molar-refractivity contribution in [3.05, 3.63) is 0 Å². The van der Waals surface area contributed by atoms with Crippen LogP contribution in [0.3, 0.4) is 0 Å². The number of amides is 1. The second kappa shape index (κ2) is 8.64. The smallest absolute Gasteiger partial charge is 0.407 e. The second-order valence-electron chi connectivity index (χ2n) is 5.03. The highest BCUT2D eigenvalue weighted by Crippen LogP contribution is 2.16. The van der Waals surface area contributed by atoms with Gasteiger partial charge in [-0.3, -0.25) is 4.31 Å². The Hall–Kier alpha value is -0.420. The van der Waals surface area contributed by atoms with Crippen molar-refractivity contribution in [2.24, 2.45) is 0 Å². The van der Waals surface area contributed by atoms with Gasteiger partial charge in [0.1, 0.15) is 5.60 Å². The van der Waals surface area contributed by atoms with E-state index in [1.54, 1.807) is 11.9 Å². The van der Waals surface area contributed by atoms with Crippen molar-refractivity contribution in [2.75, 3.05) is 19.3 Å². The Bertz CT molecular complexity index is 234. The van der Waals surface area contributed by atoms with Crippen LogP contribution in [0.15, 0.2) is 0 Å². The van der Waals surface area contributed by atoms with Crippen LogP contribution < -0.4 is 5.32 Å². The van der Waals surface area contributed by atoms with E-state index >= 15 is 0 Å². The van der Waals surface area contributed by atoms with Crippen LogP contribution in [0, 0.1) is 0 Å². The molecule has 1 aliphatic heterocycles. The van der Waals surface area contributed by atoms with Crippen molar-refractivity contribution in [1.82, 2.24) is 9.62 Å². The van der Waals surface area contributed by atoms with Crippen LogP contribution in [0.1, 0.15) is 47.5 Å². The van der Waals surface area contributed by atoms with Crippen LogP contribution in [0.5, 0.6) is 0 Å². The van der Waals surface area contributed by atoms with Crippen molar-refractivity contribution >= 4 is 18.0 Å². The van der Waals surface area contributed by atoms with E-state index in [-0.39, 0.29) is 12.1 Å². The fourth-order valence-corrected chi connectivity index (χ4v) is 2.23. The molecule has 1 amide bonds. The standard InChI is InChI=1S/C11H22N2O2S.C2H6/c1-11(2,3)15-10(14)12-9-5-7-13(16-4)8-6-9;1-2/h9H,5-8H2,1-4H3,(H,12,14);1-2H3. The fourth-order valence-electron chi connectivity index (χ4n) is 1.66. The van der Waals surface area contributed by atoms with Gasteiger partial charge in [-0.15, -0.1) is 0 Å². The zero-order valence-electron chi connectivity index (χ0n) is 12.6. The summed E-state index contributed by atoms with van der Waals surface area (Å²) in [6.45, 7) is 11.7. The zero-order chi connectivity index (χ0) is 14.2. The number of rotatable bonds is 2. The van der Waals surface area contributed by atoms with Gasteiger partial charge >= 0.3 is 6.09 Å². The molecule has 0 atom stereocenters. The van der Waals surface area contributed by atoms with E-state index in [2.05, 4.69) is 15.9 Å². The van der Waals surface area contributed by atoms with E-state index in [4.69, 9.17) is 4.74 Å². The van der Waals surface area contributed by atoms with E-state index in [1.165, 1.54) is 0 Å². The van der Waals surface area contributed by atoms with Gasteiger partial charge in [-0.05, 0) is 39.9 Å². The topological polar surface area (TPSA) is 41.6 Å². The summed E-state index contributed by atoms with van der Waals surface area (Å²) in [5.41, 5.74) is -0.413. The Morgan fingerprint density at radius 1 is 1.28 bits per heavy atom. The number of ether oxygens (including phenoxy) is 1. The van der Waals surface area contributed by atoms with Gasteiger partial charge in [0.25, 0.3) is 0 Å². The van der Waals surface area contributed by atoms with Crippen LogP contribution in [-0.2, 0) is 4.74 Å². The first-order chi connectivity index (χ1) is 8.40. The summed E-state index contributed by atoms with van der Waals surface area (Å²) in [6.07, 6.45) is 3.79. The molecule has 0 saturated carbocycles.